The molecule has 0 spiro atoms. The van der Waals surface area contributed by atoms with Crippen molar-refractivity contribution in [2.24, 2.45) is 0 Å². The van der Waals surface area contributed by atoms with Gasteiger partial charge in [0.2, 0.25) is 0 Å². The van der Waals surface area contributed by atoms with E-state index in [1.165, 1.54) is 0 Å². The Morgan fingerprint density at radius 2 is 1.00 bits per heavy atom. The average molecular weight is 412 g/mol. The zero-order chi connectivity index (χ0) is 18.8. The first-order valence-electron chi connectivity index (χ1n) is 8.27. The summed E-state index contributed by atoms with van der Waals surface area (Å²) >= 11 is 19.2. The Kier molecular flexibility index (Phi) is 5.13. The van der Waals surface area contributed by atoms with Crippen molar-refractivity contribution in [1.82, 2.24) is 9.97 Å². The molecule has 0 unspecified atom stereocenters. The highest BCUT2D eigenvalue weighted by molar-refractivity contribution is 6.35. The SMILES string of the molecule is Clc1ccccc1-c1ncc(-c2ccccc2Cl)c(-c2ccccc2Cl)n1. The first-order chi connectivity index (χ1) is 13.1. The highest BCUT2D eigenvalue weighted by atomic mass is 35.5. The van der Waals surface area contributed by atoms with Crippen LogP contribution in [0.3, 0.4) is 0 Å². The minimum Gasteiger partial charge on any atom is -0.236 e. The van der Waals surface area contributed by atoms with Crippen LogP contribution in [0.25, 0.3) is 33.8 Å². The molecule has 3 aromatic carbocycles. The summed E-state index contributed by atoms with van der Waals surface area (Å²) in [5.41, 5.74) is 3.94. The summed E-state index contributed by atoms with van der Waals surface area (Å²) in [5.74, 6) is 0.534. The Bertz CT molecular complexity index is 1130. The maximum absolute atomic E-state index is 6.47. The van der Waals surface area contributed by atoms with Gasteiger partial charge in [-0.2, -0.15) is 0 Å². The van der Waals surface area contributed by atoms with Crippen molar-refractivity contribution < 1.29 is 0 Å². The topological polar surface area (TPSA) is 25.8 Å². The lowest BCUT2D eigenvalue weighted by molar-refractivity contribution is 1.18. The molecule has 0 radical (unpaired) electrons. The molecule has 0 saturated heterocycles. The van der Waals surface area contributed by atoms with E-state index in [-0.39, 0.29) is 0 Å². The van der Waals surface area contributed by atoms with Gasteiger partial charge in [-0.15, -0.1) is 0 Å². The summed E-state index contributed by atoms with van der Waals surface area (Å²) in [6.45, 7) is 0. The van der Waals surface area contributed by atoms with Gasteiger partial charge in [-0.1, -0.05) is 83.3 Å². The van der Waals surface area contributed by atoms with E-state index in [9.17, 15) is 0 Å². The fourth-order valence-electron chi connectivity index (χ4n) is 2.89. The van der Waals surface area contributed by atoms with Crippen LogP contribution in [0.5, 0.6) is 0 Å². The van der Waals surface area contributed by atoms with Crippen molar-refractivity contribution in [3.63, 3.8) is 0 Å². The number of rotatable bonds is 3. The monoisotopic (exact) mass is 410 g/mol. The molecular weight excluding hydrogens is 399 g/mol. The zero-order valence-electron chi connectivity index (χ0n) is 14.0. The second-order valence-corrected chi connectivity index (χ2v) is 7.12. The predicted octanol–water partition coefficient (Wildman–Crippen LogP) is 7.44. The van der Waals surface area contributed by atoms with Crippen LogP contribution in [0, 0.1) is 0 Å². The lowest BCUT2D eigenvalue weighted by atomic mass is 10.0. The van der Waals surface area contributed by atoms with Crippen molar-refractivity contribution in [2.75, 3.05) is 0 Å². The molecule has 0 N–H and O–H groups in total. The molecule has 0 fully saturated rings. The molecule has 1 heterocycles. The molecule has 1 aromatic heterocycles. The highest BCUT2D eigenvalue weighted by Crippen LogP contribution is 2.38. The predicted molar refractivity (Wildman–Crippen MR) is 113 cm³/mol. The van der Waals surface area contributed by atoms with E-state index >= 15 is 0 Å². The van der Waals surface area contributed by atoms with Gasteiger partial charge >= 0.3 is 0 Å². The van der Waals surface area contributed by atoms with Gasteiger partial charge in [0.1, 0.15) is 0 Å². The van der Waals surface area contributed by atoms with Crippen LogP contribution in [-0.2, 0) is 0 Å². The molecular formula is C22H13Cl3N2. The summed E-state index contributed by atoms with van der Waals surface area (Å²) in [6.07, 6.45) is 1.77. The Hall–Kier alpha value is -2.39. The number of nitrogens with zero attached hydrogens (tertiary/aromatic N) is 2. The fourth-order valence-corrected chi connectivity index (χ4v) is 3.57. The quantitative estimate of drug-likeness (QED) is 0.350. The average Bonchev–Trinajstić information content (AvgIpc) is 2.69. The molecule has 132 valence electrons. The molecule has 27 heavy (non-hydrogen) atoms. The van der Waals surface area contributed by atoms with Crippen LogP contribution in [0.15, 0.2) is 79.0 Å². The van der Waals surface area contributed by atoms with Gasteiger partial charge in [-0.3, -0.25) is 0 Å². The van der Waals surface area contributed by atoms with Crippen molar-refractivity contribution in [3.05, 3.63) is 94.1 Å². The van der Waals surface area contributed by atoms with Gasteiger partial charge in [0.25, 0.3) is 0 Å². The second-order valence-electron chi connectivity index (χ2n) is 5.90. The van der Waals surface area contributed by atoms with E-state index in [4.69, 9.17) is 39.8 Å². The molecule has 2 nitrogen and oxygen atoms in total. The van der Waals surface area contributed by atoms with Crippen LogP contribution < -0.4 is 0 Å². The lowest BCUT2D eigenvalue weighted by Crippen LogP contribution is -1.97. The number of aromatic nitrogens is 2. The van der Waals surface area contributed by atoms with Crippen molar-refractivity contribution in [1.29, 1.82) is 0 Å². The normalized spacial score (nSPS) is 10.8. The maximum Gasteiger partial charge on any atom is 0.161 e. The first-order valence-corrected chi connectivity index (χ1v) is 9.40. The highest BCUT2D eigenvalue weighted by Gasteiger charge is 2.17. The minimum atomic E-state index is 0.534. The largest absolute Gasteiger partial charge is 0.236 e. The fraction of sp³-hybridized carbons (Fsp3) is 0. The Labute approximate surface area is 172 Å². The summed E-state index contributed by atoms with van der Waals surface area (Å²) < 4.78 is 0. The van der Waals surface area contributed by atoms with Gasteiger partial charge in [-0.25, -0.2) is 9.97 Å². The molecule has 5 heteroatoms. The third-order valence-corrected chi connectivity index (χ3v) is 5.19. The third-order valence-electron chi connectivity index (χ3n) is 4.20. The smallest absolute Gasteiger partial charge is 0.161 e. The molecule has 0 atom stereocenters. The van der Waals surface area contributed by atoms with E-state index < -0.39 is 0 Å². The first kappa shape index (κ1) is 18.0. The third kappa shape index (κ3) is 3.57. The molecule has 4 rings (SSSR count). The van der Waals surface area contributed by atoms with Gasteiger partial charge in [0, 0.05) is 38.5 Å². The van der Waals surface area contributed by atoms with E-state index in [0.29, 0.717) is 26.6 Å². The van der Waals surface area contributed by atoms with E-state index in [1.54, 1.807) is 6.20 Å². The van der Waals surface area contributed by atoms with Crippen molar-refractivity contribution in [3.8, 4) is 33.8 Å². The summed E-state index contributed by atoms with van der Waals surface area (Å²) in [5, 5.41) is 1.82. The van der Waals surface area contributed by atoms with Crippen LogP contribution in [0.2, 0.25) is 15.1 Å². The van der Waals surface area contributed by atoms with Gasteiger partial charge in [-0.05, 0) is 24.3 Å². The molecule has 0 aliphatic heterocycles. The van der Waals surface area contributed by atoms with Crippen LogP contribution in [-0.4, -0.2) is 9.97 Å². The Morgan fingerprint density at radius 1 is 0.519 bits per heavy atom. The maximum atomic E-state index is 6.47. The van der Waals surface area contributed by atoms with E-state index in [2.05, 4.69) is 4.98 Å². The summed E-state index contributed by atoms with van der Waals surface area (Å²) in [4.78, 5) is 9.36. The molecule has 0 saturated carbocycles. The van der Waals surface area contributed by atoms with Gasteiger partial charge in [0.15, 0.2) is 5.82 Å². The molecule has 0 amide bonds. The van der Waals surface area contributed by atoms with Crippen LogP contribution in [0.4, 0.5) is 0 Å². The zero-order valence-corrected chi connectivity index (χ0v) is 16.3. The van der Waals surface area contributed by atoms with Crippen LogP contribution >= 0.6 is 34.8 Å². The number of hydrogen-bond donors (Lipinski definition) is 0. The van der Waals surface area contributed by atoms with Crippen molar-refractivity contribution >= 4 is 34.8 Å². The van der Waals surface area contributed by atoms with Gasteiger partial charge < -0.3 is 0 Å². The molecule has 0 aliphatic carbocycles. The molecule has 0 aliphatic rings. The number of benzene rings is 3. The van der Waals surface area contributed by atoms with Gasteiger partial charge in [0.05, 0.1) is 10.7 Å². The van der Waals surface area contributed by atoms with E-state index in [0.717, 1.165) is 22.3 Å². The number of hydrogen-bond acceptors (Lipinski definition) is 2. The molecule has 4 aromatic rings. The minimum absolute atomic E-state index is 0.534. The summed E-state index contributed by atoms with van der Waals surface area (Å²) in [7, 11) is 0. The summed E-state index contributed by atoms with van der Waals surface area (Å²) in [6, 6.07) is 22.7. The van der Waals surface area contributed by atoms with Crippen LogP contribution in [0.1, 0.15) is 0 Å². The Balaban J connectivity index is 2.00. The second kappa shape index (κ2) is 7.69. The molecule has 0 bridgehead atoms. The lowest BCUT2D eigenvalue weighted by Gasteiger charge is -2.13. The van der Waals surface area contributed by atoms with E-state index in [1.807, 2.05) is 72.8 Å². The van der Waals surface area contributed by atoms with Crippen molar-refractivity contribution in [2.45, 2.75) is 0 Å². The standard InChI is InChI=1S/C22H13Cl3N2/c23-18-10-4-1-7-14(18)17-13-26-22(16-9-3-6-12-20(16)25)27-21(17)15-8-2-5-11-19(15)24/h1-13H. The number of halogens is 3. The Morgan fingerprint density at radius 3 is 1.56 bits per heavy atom.